The molecule has 1 saturated heterocycles. The van der Waals surface area contributed by atoms with E-state index in [0.29, 0.717) is 56.5 Å². The summed E-state index contributed by atoms with van der Waals surface area (Å²) in [5.74, 6) is 1.60. The number of rotatable bonds is 9. The summed E-state index contributed by atoms with van der Waals surface area (Å²) in [6, 6.07) is 19.6. The van der Waals surface area contributed by atoms with Crippen molar-refractivity contribution in [2.45, 2.75) is 6.61 Å². The summed E-state index contributed by atoms with van der Waals surface area (Å²) in [6.45, 7) is 2.91. The molecule has 5 rings (SSSR count). The van der Waals surface area contributed by atoms with Crippen molar-refractivity contribution in [2.24, 2.45) is 5.10 Å². The Morgan fingerprint density at radius 1 is 0.949 bits per heavy atom. The maximum Gasteiger partial charge on any atom is 0.250 e. The maximum atomic E-state index is 13.2. The molecule has 1 aliphatic heterocycles. The highest BCUT2D eigenvalue weighted by Crippen LogP contribution is 2.35. The molecule has 12 heteroatoms. The average Bonchev–Trinajstić information content (AvgIpc) is 2.94. The molecular formula is C27H24Br2FN7O2. The zero-order valence-electron chi connectivity index (χ0n) is 20.7. The molecule has 0 radical (unpaired) electrons. The van der Waals surface area contributed by atoms with E-state index in [-0.39, 0.29) is 5.82 Å². The fraction of sp³-hybridized carbons (Fsp3) is 0.185. The number of ether oxygens (including phenoxy) is 2. The summed E-state index contributed by atoms with van der Waals surface area (Å²) in [7, 11) is 0. The van der Waals surface area contributed by atoms with Crippen LogP contribution in [0, 0.1) is 5.82 Å². The Labute approximate surface area is 241 Å². The first kappa shape index (κ1) is 27.0. The Bertz CT molecular complexity index is 1410. The Kier molecular flexibility index (Phi) is 8.96. The van der Waals surface area contributed by atoms with E-state index in [1.165, 1.54) is 12.1 Å². The van der Waals surface area contributed by atoms with Gasteiger partial charge in [-0.1, -0.05) is 30.3 Å². The van der Waals surface area contributed by atoms with Gasteiger partial charge in [0.2, 0.25) is 17.8 Å². The zero-order chi connectivity index (χ0) is 27.0. The van der Waals surface area contributed by atoms with E-state index in [1.54, 1.807) is 18.3 Å². The van der Waals surface area contributed by atoms with Gasteiger partial charge in [-0.15, -0.1) is 0 Å². The monoisotopic (exact) mass is 655 g/mol. The Balaban J connectivity index is 1.29. The van der Waals surface area contributed by atoms with Crippen molar-refractivity contribution in [1.82, 2.24) is 15.0 Å². The van der Waals surface area contributed by atoms with E-state index >= 15 is 0 Å². The lowest BCUT2D eigenvalue weighted by atomic mass is 10.2. The average molecular weight is 657 g/mol. The molecule has 4 aromatic rings. The SMILES string of the molecule is Fc1ccc(COc2c(Br)cc(/C=N/Nc3nc(Nc4ccccc4)nc(N4CCOCC4)n3)cc2Br)cc1. The number of aromatic nitrogens is 3. The van der Waals surface area contributed by atoms with Crippen molar-refractivity contribution in [2.75, 3.05) is 41.9 Å². The number of nitrogens with one attached hydrogen (secondary N) is 2. The summed E-state index contributed by atoms with van der Waals surface area (Å²) < 4.78 is 26.0. The van der Waals surface area contributed by atoms with Crippen molar-refractivity contribution in [3.05, 3.63) is 92.6 Å². The van der Waals surface area contributed by atoms with Crippen LogP contribution in [0.15, 0.2) is 80.8 Å². The summed E-state index contributed by atoms with van der Waals surface area (Å²) in [5, 5.41) is 7.57. The zero-order valence-corrected chi connectivity index (χ0v) is 23.8. The number of halogens is 3. The first-order valence-corrected chi connectivity index (χ1v) is 13.7. The summed E-state index contributed by atoms with van der Waals surface area (Å²) >= 11 is 7.12. The topological polar surface area (TPSA) is 96.8 Å². The van der Waals surface area contributed by atoms with Crippen LogP contribution in [0.3, 0.4) is 0 Å². The number of morpholine rings is 1. The van der Waals surface area contributed by atoms with Gasteiger partial charge >= 0.3 is 0 Å². The van der Waals surface area contributed by atoms with Crippen LogP contribution in [0.2, 0.25) is 0 Å². The molecule has 2 heterocycles. The third-order valence-corrected chi connectivity index (χ3v) is 6.82. The second kappa shape index (κ2) is 13.0. The molecule has 39 heavy (non-hydrogen) atoms. The van der Waals surface area contributed by atoms with Gasteiger partial charge in [0.1, 0.15) is 18.2 Å². The van der Waals surface area contributed by atoms with Gasteiger partial charge in [-0.05, 0) is 79.4 Å². The van der Waals surface area contributed by atoms with Crippen LogP contribution in [0.5, 0.6) is 5.75 Å². The Hall–Kier alpha value is -3.61. The van der Waals surface area contributed by atoms with E-state index in [9.17, 15) is 4.39 Å². The fourth-order valence-electron chi connectivity index (χ4n) is 3.72. The van der Waals surface area contributed by atoms with Gasteiger partial charge in [0.05, 0.1) is 28.4 Å². The minimum Gasteiger partial charge on any atom is -0.487 e. The van der Waals surface area contributed by atoms with Crippen LogP contribution in [-0.4, -0.2) is 47.5 Å². The molecular weight excluding hydrogens is 633 g/mol. The molecule has 3 aromatic carbocycles. The minimum absolute atomic E-state index is 0.281. The number of benzene rings is 3. The molecule has 9 nitrogen and oxygen atoms in total. The molecule has 0 amide bonds. The molecule has 0 aliphatic carbocycles. The predicted molar refractivity (Wildman–Crippen MR) is 156 cm³/mol. The summed E-state index contributed by atoms with van der Waals surface area (Å²) in [6.07, 6.45) is 1.65. The van der Waals surface area contributed by atoms with Crippen molar-refractivity contribution < 1.29 is 13.9 Å². The normalized spacial score (nSPS) is 13.5. The van der Waals surface area contributed by atoms with Crippen molar-refractivity contribution >= 4 is 61.6 Å². The van der Waals surface area contributed by atoms with E-state index in [0.717, 1.165) is 25.8 Å². The van der Waals surface area contributed by atoms with Crippen LogP contribution < -0.4 is 20.4 Å². The highest BCUT2D eigenvalue weighted by Gasteiger charge is 2.17. The molecule has 2 N–H and O–H groups in total. The quantitative estimate of drug-likeness (QED) is 0.164. The molecule has 1 fully saturated rings. The smallest absolute Gasteiger partial charge is 0.250 e. The van der Waals surface area contributed by atoms with Gasteiger partial charge in [0, 0.05) is 18.8 Å². The Morgan fingerprint density at radius 3 is 2.36 bits per heavy atom. The van der Waals surface area contributed by atoms with Gasteiger partial charge in [0.15, 0.2) is 0 Å². The predicted octanol–water partition coefficient (Wildman–Crippen LogP) is 6.14. The largest absolute Gasteiger partial charge is 0.487 e. The maximum absolute atomic E-state index is 13.2. The number of anilines is 4. The summed E-state index contributed by atoms with van der Waals surface area (Å²) in [5.41, 5.74) is 5.45. The van der Waals surface area contributed by atoms with Gasteiger partial charge < -0.3 is 19.7 Å². The van der Waals surface area contributed by atoms with Crippen LogP contribution in [0.25, 0.3) is 0 Å². The van der Waals surface area contributed by atoms with Gasteiger partial charge in [-0.3, -0.25) is 0 Å². The molecule has 0 spiro atoms. The number of hydrogen-bond donors (Lipinski definition) is 2. The number of nitrogens with zero attached hydrogens (tertiary/aromatic N) is 5. The standard InChI is InChI=1S/C27H24Br2FN7O2/c28-22-14-19(15-23(29)24(22)39-17-18-6-8-20(30)9-7-18)16-31-36-26-33-25(32-21-4-2-1-3-5-21)34-27(35-26)37-10-12-38-13-11-37/h1-9,14-16H,10-13,17H2,(H2,32,33,34,35,36)/b31-16+. The van der Waals surface area contributed by atoms with E-state index in [1.807, 2.05) is 42.5 Å². The molecule has 1 aromatic heterocycles. The first-order valence-electron chi connectivity index (χ1n) is 12.1. The Morgan fingerprint density at radius 2 is 1.64 bits per heavy atom. The second-order valence-electron chi connectivity index (χ2n) is 8.47. The van der Waals surface area contributed by atoms with Crippen molar-refractivity contribution in [3.8, 4) is 5.75 Å². The number of para-hydroxylation sites is 1. The highest BCUT2D eigenvalue weighted by atomic mass is 79.9. The van der Waals surface area contributed by atoms with E-state index in [4.69, 9.17) is 9.47 Å². The number of hydrogen-bond acceptors (Lipinski definition) is 9. The lowest BCUT2D eigenvalue weighted by molar-refractivity contribution is 0.122. The van der Waals surface area contributed by atoms with Crippen molar-refractivity contribution in [3.63, 3.8) is 0 Å². The lowest BCUT2D eigenvalue weighted by Gasteiger charge is -2.27. The van der Waals surface area contributed by atoms with Crippen LogP contribution >= 0.6 is 31.9 Å². The van der Waals surface area contributed by atoms with Crippen LogP contribution in [0.4, 0.5) is 27.9 Å². The third kappa shape index (κ3) is 7.49. The van der Waals surface area contributed by atoms with Crippen LogP contribution in [-0.2, 0) is 11.3 Å². The second-order valence-corrected chi connectivity index (χ2v) is 10.2. The fourth-order valence-corrected chi connectivity index (χ4v) is 5.17. The molecule has 0 saturated carbocycles. The minimum atomic E-state index is -0.281. The van der Waals surface area contributed by atoms with Gasteiger partial charge in [0.25, 0.3) is 0 Å². The number of hydrazone groups is 1. The van der Waals surface area contributed by atoms with E-state index < -0.39 is 0 Å². The summed E-state index contributed by atoms with van der Waals surface area (Å²) in [4.78, 5) is 15.7. The molecule has 0 atom stereocenters. The van der Waals surface area contributed by atoms with Gasteiger partial charge in [-0.2, -0.15) is 20.1 Å². The van der Waals surface area contributed by atoms with Gasteiger partial charge in [-0.25, -0.2) is 9.82 Å². The third-order valence-electron chi connectivity index (χ3n) is 5.64. The molecule has 0 unspecified atom stereocenters. The molecule has 200 valence electrons. The lowest BCUT2D eigenvalue weighted by Crippen LogP contribution is -2.37. The van der Waals surface area contributed by atoms with E-state index in [2.05, 4.69) is 67.6 Å². The molecule has 0 bridgehead atoms. The first-order chi connectivity index (χ1) is 19.0. The highest BCUT2D eigenvalue weighted by molar-refractivity contribution is 9.11. The van der Waals surface area contributed by atoms with Crippen molar-refractivity contribution in [1.29, 1.82) is 0 Å². The molecule has 1 aliphatic rings. The van der Waals surface area contributed by atoms with Crippen LogP contribution in [0.1, 0.15) is 11.1 Å².